The third-order valence-electron chi connectivity index (χ3n) is 3.06. The van der Waals surface area contributed by atoms with Gasteiger partial charge in [-0.1, -0.05) is 27.7 Å². The van der Waals surface area contributed by atoms with Crippen molar-refractivity contribution in [1.29, 1.82) is 0 Å². The Morgan fingerprint density at radius 3 is 2.40 bits per heavy atom. The second-order valence-corrected chi connectivity index (χ2v) is 6.79. The maximum absolute atomic E-state index is 10.1. The SMILES string of the molecule is CC(CC(O)c1cscc1Br)C(C)(C)C. The van der Waals surface area contributed by atoms with Crippen LogP contribution in [0.5, 0.6) is 0 Å². The smallest absolute Gasteiger partial charge is 0.0811 e. The van der Waals surface area contributed by atoms with Gasteiger partial charge in [0, 0.05) is 15.4 Å². The van der Waals surface area contributed by atoms with Gasteiger partial charge in [-0.25, -0.2) is 0 Å². The Morgan fingerprint density at radius 1 is 1.40 bits per heavy atom. The molecular formula is C12H19BrOS. The Morgan fingerprint density at radius 2 is 2.00 bits per heavy atom. The van der Waals surface area contributed by atoms with Crippen LogP contribution in [0, 0.1) is 11.3 Å². The number of aliphatic hydroxyl groups is 1. The number of halogens is 1. The molecule has 0 bridgehead atoms. The second kappa shape index (κ2) is 4.98. The van der Waals surface area contributed by atoms with Crippen molar-refractivity contribution in [2.75, 3.05) is 0 Å². The van der Waals surface area contributed by atoms with Crippen LogP contribution in [0.15, 0.2) is 15.2 Å². The first-order chi connectivity index (χ1) is 6.82. The minimum absolute atomic E-state index is 0.253. The molecule has 1 aromatic rings. The summed E-state index contributed by atoms with van der Waals surface area (Å²) in [6.07, 6.45) is 0.471. The van der Waals surface area contributed by atoms with E-state index in [1.807, 2.05) is 10.8 Å². The largest absolute Gasteiger partial charge is 0.388 e. The predicted octanol–water partition coefficient (Wildman–Crippen LogP) is 4.62. The minimum atomic E-state index is -0.347. The zero-order valence-corrected chi connectivity index (χ0v) is 12.2. The molecule has 0 spiro atoms. The van der Waals surface area contributed by atoms with Gasteiger partial charge in [0.2, 0.25) is 0 Å². The first kappa shape index (κ1) is 13.2. The molecule has 1 heterocycles. The van der Waals surface area contributed by atoms with Gasteiger partial charge in [-0.15, -0.1) is 0 Å². The Kier molecular flexibility index (Phi) is 4.38. The molecule has 3 heteroatoms. The van der Waals surface area contributed by atoms with E-state index in [0.29, 0.717) is 5.92 Å². The highest BCUT2D eigenvalue weighted by Gasteiger charge is 2.24. The lowest BCUT2D eigenvalue weighted by atomic mass is 9.78. The summed E-state index contributed by atoms with van der Waals surface area (Å²) in [5.74, 6) is 0.499. The zero-order chi connectivity index (χ0) is 11.6. The molecule has 0 aliphatic heterocycles. The van der Waals surface area contributed by atoms with Gasteiger partial charge in [0.15, 0.2) is 0 Å². The summed E-state index contributed by atoms with van der Waals surface area (Å²) in [5, 5.41) is 14.1. The lowest BCUT2D eigenvalue weighted by Gasteiger charge is -2.29. The van der Waals surface area contributed by atoms with Crippen molar-refractivity contribution in [1.82, 2.24) is 0 Å². The number of aliphatic hydroxyl groups excluding tert-OH is 1. The van der Waals surface area contributed by atoms with E-state index in [-0.39, 0.29) is 11.5 Å². The quantitative estimate of drug-likeness (QED) is 0.861. The molecule has 1 N–H and O–H groups in total. The van der Waals surface area contributed by atoms with E-state index in [2.05, 4.69) is 43.6 Å². The van der Waals surface area contributed by atoms with Crippen LogP contribution in [-0.4, -0.2) is 5.11 Å². The standard InChI is InChI=1S/C12H19BrOS/c1-8(12(2,3)4)5-11(14)9-6-15-7-10(9)13/h6-8,11,14H,5H2,1-4H3. The van der Waals surface area contributed by atoms with E-state index in [0.717, 1.165) is 16.5 Å². The fourth-order valence-electron chi connectivity index (χ4n) is 1.34. The van der Waals surface area contributed by atoms with E-state index in [9.17, 15) is 5.11 Å². The molecule has 0 fully saturated rings. The van der Waals surface area contributed by atoms with Gasteiger partial charge in [-0.05, 0) is 39.1 Å². The number of hydrogen-bond acceptors (Lipinski definition) is 2. The lowest BCUT2D eigenvalue weighted by molar-refractivity contribution is 0.110. The van der Waals surface area contributed by atoms with E-state index in [1.54, 1.807) is 11.3 Å². The summed E-state index contributed by atoms with van der Waals surface area (Å²) < 4.78 is 1.03. The molecule has 1 rings (SSSR count). The first-order valence-electron chi connectivity index (χ1n) is 5.22. The van der Waals surface area contributed by atoms with Crippen molar-refractivity contribution < 1.29 is 5.11 Å². The van der Waals surface area contributed by atoms with Crippen LogP contribution in [0.4, 0.5) is 0 Å². The molecule has 86 valence electrons. The van der Waals surface area contributed by atoms with Crippen molar-refractivity contribution in [3.05, 3.63) is 20.8 Å². The summed E-state index contributed by atoms with van der Waals surface area (Å²) in [6, 6.07) is 0. The molecule has 1 aromatic heterocycles. The Hall–Kier alpha value is 0.140. The lowest BCUT2D eigenvalue weighted by Crippen LogP contribution is -2.19. The molecule has 1 nitrogen and oxygen atoms in total. The molecule has 0 saturated heterocycles. The highest BCUT2D eigenvalue weighted by atomic mass is 79.9. The van der Waals surface area contributed by atoms with Crippen molar-refractivity contribution in [3.8, 4) is 0 Å². The van der Waals surface area contributed by atoms with Crippen LogP contribution in [0.3, 0.4) is 0 Å². The first-order valence-corrected chi connectivity index (χ1v) is 6.95. The maximum Gasteiger partial charge on any atom is 0.0811 e. The van der Waals surface area contributed by atoms with Gasteiger partial charge < -0.3 is 5.11 Å². The highest BCUT2D eigenvalue weighted by Crippen LogP contribution is 2.36. The molecular weight excluding hydrogens is 272 g/mol. The normalized spacial score (nSPS) is 16.4. The van der Waals surface area contributed by atoms with Gasteiger partial charge in [0.25, 0.3) is 0 Å². The number of rotatable bonds is 3. The van der Waals surface area contributed by atoms with Gasteiger partial charge in [-0.3, -0.25) is 0 Å². The summed E-state index contributed by atoms with van der Waals surface area (Å²) in [5.41, 5.74) is 1.28. The highest BCUT2D eigenvalue weighted by molar-refractivity contribution is 9.10. The van der Waals surface area contributed by atoms with E-state index in [4.69, 9.17) is 0 Å². The summed E-state index contributed by atoms with van der Waals surface area (Å²) in [6.45, 7) is 8.84. The average Bonchev–Trinajstić information content (AvgIpc) is 2.49. The van der Waals surface area contributed by atoms with Crippen LogP contribution < -0.4 is 0 Å². The second-order valence-electron chi connectivity index (χ2n) is 5.19. The fourth-order valence-corrected chi connectivity index (χ4v) is 2.95. The van der Waals surface area contributed by atoms with Gasteiger partial charge >= 0.3 is 0 Å². The van der Waals surface area contributed by atoms with Crippen LogP contribution in [0.2, 0.25) is 0 Å². The van der Waals surface area contributed by atoms with Crippen molar-refractivity contribution in [3.63, 3.8) is 0 Å². The van der Waals surface area contributed by atoms with Crippen LogP contribution in [0.25, 0.3) is 0 Å². The molecule has 2 atom stereocenters. The molecule has 2 unspecified atom stereocenters. The molecule has 15 heavy (non-hydrogen) atoms. The van der Waals surface area contributed by atoms with Gasteiger partial charge in [0.1, 0.15) is 0 Å². The zero-order valence-electron chi connectivity index (χ0n) is 9.75. The van der Waals surface area contributed by atoms with Crippen LogP contribution in [0.1, 0.15) is 45.8 Å². The predicted molar refractivity (Wildman–Crippen MR) is 70.2 cm³/mol. The summed E-state index contributed by atoms with van der Waals surface area (Å²) >= 11 is 5.08. The van der Waals surface area contributed by atoms with Crippen molar-refractivity contribution in [2.24, 2.45) is 11.3 Å². The topological polar surface area (TPSA) is 20.2 Å². The third kappa shape index (κ3) is 3.58. The summed E-state index contributed by atoms with van der Waals surface area (Å²) in [4.78, 5) is 0. The van der Waals surface area contributed by atoms with E-state index >= 15 is 0 Å². The molecule has 0 aliphatic carbocycles. The van der Waals surface area contributed by atoms with Gasteiger partial charge in [-0.2, -0.15) is 11.3 Å². The molecule has 0 saturated carbocycles. The van der Waals surface area contributed by atoms with Gasteiger partial charge in [0.05, 0.1) is 6.10 Å². The number of hydrogen-bond donors (Lipinski definition) is 1. The molecule has 0 amide bonds. The summed E-state index contributed by atoms with van der Waals surface area (Å²) in [7, 11) is 0. The molecule has 0 aliphatic rings. The fraction of sp³-hybridized carbons (Fsp3) is 0.667. The van der Waals surface area contributed by atoms with Crippen LogP contribution in [-0.2, 0) is 0 Å². The monoisotopic (exact) mass is 290 g/mol. The molecule has 0 radical (unpaired) electrons. The Balaban J connectivity index is 2.64. The Bertz CT molecular complexity index is 314. The Labute approximate surface area is 105 Å². The third-order valence-corrected chi connectivity index (χ3v) is 4.81. The van der Waals surface area contributed by atoms with Crippen molar-refractivity contribution in [2.45, 2.75) is 40.2 Å². The van der Waals surface area contributed by atoms with E-state index < -0.39 is 0 Å². The maximum atomic E-state index is 10.1. The average molecular weight is 291 g/mol. The van der Waals surface area contributed by atoms with Crippen LogP contribution >= 0.6 is 27.3 Å². The number of thiophene rings is 1. The van der Waals surface area contributed by atoms with E-state index in [1.165, 1.54) is 0 Å². The molecule has 0 aromatic carbocycles. The minimum Gasteiger partial charge on any atom is -0.388 e. The van der Waals surface area contributed by atoms with Crippen molar-refractivity contribution >= 4 is 27.3 Å².